The minimum Gasteiger partial charge on any atom is -0.456 e. The van der Waals surface area contributed by atoms with Gasteiger partial charge in [-0.3, -0.25) is 0 Å². The van der Waals surface area contributed by atoms with Gasteiger partial charge in [0.15, 0.2) is 17.5 Å². The van der Waals surface area contributed by atoms with Crippen molar-refractivity contribution in [2.24, 2.45) is 0 Å². The summed E-state index contributed by atoms with van der Waals surface area (Å²) in [6.07, 6.45) is 0. The molecule has 4 nitrogen and oxygen atoms in total. The number of aromatic nitrogens is 3. The number of nitrogens with zero attached hydrogens (tertiary/aromatic N) is 3. The fourth-order valence-corrected chi connectivity index (χ4v) is 8.44. The summed E-state index contributed by atoms with van der Waals surface area (Å²) in [5, 5.41) is 2.11. The van der Waals surface area contributed by atoms with E-state index in [2.05, 4.69) is 97.1 Å². The van der Waals surface area contributed by atoms with Crippen LogP contribution in [0.15, 0.2) is 168 Å². The highest BCUT2D eigenvalue weighted by Gasteiger charge is 2.51. The second kappa shape index (κ2) is 10.2. The summed E-state index contributed by atoms with van der Waals surface area (Å²) in [6, 6.07) is 57.8. The lowest BCUT2D eigenvalue weighted by Gasteiger charge is -2.30. The lowest BCUT2D eigenvalue weighted by atomic mass is 9.70. The second-order valence-corrected chi connectivity index (χ2v) is 13.1. The van der Waals surface area contributed by atoms with Crippen LogP contribution in [-0.2, 0) is 5.41 Å². The molecule has 232 valence electrons. The Kier molecular flexibility index (Phi) is 5.56. The van der Waals surface area contributed by atoms with Crippen LogP contribution in [0.4, 0.5) is 0 Å². The number of hydrogen-bond donors (Lipinski definition) is 0. The van der Waals surface area contributed by atoms with Crippen LogP contribution in [-0.4, -0.2) is 15.0 Å². The average molecular weight is 638 g/mol. The molecule has 1 spiro atoms. The van der Waals surface area contributed by atoms with Crippen LogP contribution in [0.5, 0.6) is 0 Å². The third kappa shape index (κ3) is 3.67. The molecule has 4 heteroatoms. The van der Waals surface area contributed by atoms with Crippen molar-refractivity contribution in [2.45, 2.75) is 5.41 Å². The average Bonchev–Trinajstić information content (AvgIpc) is 3.80. The molecule has 11 rings (SSSR count). The van der Waals surface area contributed by atoms with E-state index < -0.39 is 5.41 Å². The molecule has 0 saturated heterocycles. The van der Waals surface area contributed by atoms with Gasteiger partial charge >= 0.3 is 0 Å². The van der Waals surface area contributed by atoms with Gasteiger partial charge in [0.1, 0.15) is 11.2 Å². The summed E-state index contributed by atoms with van der Waals surface area (Å²) in [6.45, 7) is 0. The standard InChI is InChI=1S/C46H27N3O/c1-3-13-28(14-4-1)43-47-44(29-15-5-2-6-16-29)49-45(48-43)30-23-24-41-35(25-30)36-26-34-33-19-9-12-22-39(33)46(40(34)27-42(36)50-41)37-20-10-7-17-31(37)32-18-8-11-21-38(32)46/h1-27H. The molecule has 2 aliphatic rings. The third-order valence-electron chi connectivity index (χ3n) is 10.5. The molecule has 0 atom stereocenters. The molecule has 2 heterocycles. The van der Waals surface area contributed by atoms with Crippen LogP contribution in [0, 0.1) is 0 Å². The molecule has 0 amide bonds. The summed E-state index contributed by atoms with van der Waals surface area (Å²) < 4.78 is 6.68. The normalized spacial score (nSPS) is 13.4. The van der Waals surface area contributed by atoms with Gasteiger partial charge in [-0.25, -0.2) is 15.0 Å². The van der Waals surface area contributed by atoms with E-state index in [1.807, 2.05) is 66.7 Å². The highest BCUT2D eigenvalue weighted by Crippen LogP contribution is 2.63. The Morgan fingerprint density at radius 2 is 0.800 bits per heavy atom. The Morgan fingerprint density at radius 1 is 0.340 bits per heavy atom. The molecule has 7 aromatic carbocycles. The summed E-state index contributed by atoms with van der Waals surface area (Å²) in [7, 11) is 0. The minimum absolute atomic E-state index is 0.413. The van der Waals surface area contributed by atoms with E-state index in [-0.39, 0.29) is 0 Å². The van der Waals surface area contributed by atoms with Crippen molar-refractivity contribution in [1.29, 1.82) is 0 Å². The maximum absolute atomic E-state index is 6.68. The van der Waals surface area contributed by atoms with Crippen LogP contribution in [0.2, 0.25) is 0 Å². The van der Waals surface area contributed by atoms with Crippen LogP contribution in [0.3, 0.4) is 0 Å². The van der Waals surface area contributed by atoms with Crippen molar-refractivity contribution in [1.82, 2.24) is 15.0 Å². The van der Waals surface area contributed by atoms with E-state index in [0.29, 0.717) is 17.5 Å². The molecule has 0 bridgehead atoms. The van der Waals surface area contributed by atoms with E-state index in [0.717, 1.165) is 38.6 Å². The fraction of sp³-hybridized carbons (Fsp3) is 0.0217. The van der Waals surface area contributed by atoms with Gasteiger partial charge in [0, 0.05) is 27.5 Å². The predicted octanol–water partition coefficient (Wildman–Crippen LogP) is 11.1. The Balaban J connectivity index is 1.14. The first-order chi connectivity index (χ1) is 24.8. The lowest BCUT2D eigenvalue weighted by molar-refractivity contribution is 0.666. The van der Waals surface area contributed by atoms with Gasteiger partial charge in [-0.15, -0.1) is 0 Å². The molecule has 0 N–H and O–H groups in total. The predicted molar refractivity (Wildman–Crippen MR) is 200 cm³/mol. The minimum atomic E-state index is -0.413. The Bertz CT molecular complexity index is 2720. The molecule has 0 aliphatic heterocycles. The van der Waals surface area contributed by atoms with Crippen molar-refractivity contribution in [3.8, 4) is 56.4 Å². The second-order valence-electron chi connectivity index (χ2n) is 13.1. The number of benzene rings is 7. The summed E-state index contributed by atoms with van der Waals surface area (Å²) in [5.74, 6) is 1.91. The SMILES string of the molecule is c1ccc(-c2nc(-c3ccccc3)nc(-c3ccc4oc5cc6c(cc5c4c3)-c3ccccc3C63c4ccccc4-c4ccccc43)n2)cc1. The smallest absolute Gasteiger partial charge is 0.164 e. The molecular weight excluding hydrogens is 611 g/mol. The molecule has 0 radical (unpaired) electrons. The monoisotopic (exact) mass is 637 g/mol. The molecule has 2 aliphatic carbocycles. The van der Waals surface area contributed by atoms with Crippen molar-refractivity contribution in [2.75, 3.05) is 0 Å². The quantitative estimate of drug-likeness (QED) is 0.193. The van der Waals surface area contributed by atoms with Gasteiger partial charge in [0.05, 0.1) is 5.41 Å². The molecule has 0 unspecified atom stereocenters. The molecule has 9 aromatic rings. The van der Waals surface area contributed by atoms with E-state index in [1.54, 1.807) is 0 Å². The Labute approximate surface area is 288 Å². The molecule has 2 aromatic heterocycles. The van der Waals surface area contributed by atoms with Crippen molar-refractivity contribution < 1.29 is 4.42 Å². The first-order valence-electron chi connectivity index (χ1n) is 16.9. The van der Waals surface area contributed by atoms with Crippen LogP contribution >= 0.6 is 0 Å². The van der Waals surface area contributed by atoms with Crippen molar-refractivity contribution in [3.05, 3.63) is 186 Å². The highest BCUT2D eigenvalue weighted by atomic mass is 16.3. The molecule has 50 heavy (non-hydrogen) atoms. The van der Waals surface area contributed by atoms with Crippen LogP contribution in [0.25, 0.3) is 78.4 Å². The van der Waals surface area contributed by atoms with Crippen LogP contribution < -0.4 is 0 Å². The zero-order valence-electron chi connectivity index (χ0n) is 26.8. The van der Waals surface area contributed by atoms with E-state index in [9.17, 15) is 0 Å². The summed E-state index contributed by atoms with van der Waals surface area (Å²) in [4.78, 5) is 14.9. The van der Waals surface area contributed by atoms with Crippen LogP contribution in [0.1, 0.15) is 22.3 Å². The van der Waals surface area contributed by atoms with Crippen molar-refractivity contribution >= 4 is 21.9 Å². The first-order valence-corrected chi connectivity index (χ1v) is 16.9. The lowest BCUT2D eigenvalue weighted by Crippen LogP contribution is -2.25. The van der Waals surface area contributed by atoms with E-state index in [4.69, 9.17) is 19.4 Å². The zero-order valence-corrected chi connectivity index (χ0v) is 26.8. The molecular formula is C46H27N3O. The maximum atomic E-state index is 6.68. The van der Waals surface area contributed by atoms with Gasteiger partial charge in [-0.1, -0.05) is 133 Å². The fourth-order valence-electron chi connectivity index (χ4n) is 8.44. The number of rotatable bonds is 3. The molecule has 0 fully saturated rings. The summed E-state index contributed by atoms with van der Waals surface area (Å²) >= 11 is 0. The van der Waals surface area contributed by atoms with Gasteiger partial charge < -0.3 is 4.42 Å². The Morgan fingerprint density at radius 3 is 1.36 bits per heavy atom. The van der Waals surface area contributed by atoms with Crippen molar-refractivity contribution in [3.63, 3.8) is 0 Å². The number of fused-ring (bicyclic) bond motifs is 13. The summed E-state index contributed by atoms with van der Waals surface area (Å²) in [5.41, 5.74) is 14.4. The largest absolute Gasteiger partial charge is 0.456 e. The van der Waals surface area contributed by atoms with Gasteiger partial charge in [0.25, 0.3) is 0 Å². The van der Waals surface area contributed by atoms with Gasteiger partial charge in [-0.2, -0.15) is 0 Å². The number of hydrogen-bond acceptors (Lipinski definition) is 4. The maximum Gasteiger partial charge on any atom is 0.164 e. The van der Waals surface area contributed by atoms with E-state index in [1.165, 1.54) is 44.5 Å². The first kappa shape index (κ1) is 27.3. The van der Waals surface area contributed by atoms with Gasteiger partial charge in [-0.05, 0) is 74.8 Å². The molecule has 0 saturated carbocycles. The third-order valence-corrected chi connectivity index (χ3v) is 10.5. The Hall–Kier alpha value is -6.65. The highest BCUT2D eigenvalue weighted by molar-refractivity contribution is 6.10. The topological polar surface area (TPSA) is 51.8 Å². The van der Waals surface area contributed by atoms with E-state index >= 15 is 0 Å². The van der Waals surface area contributed by atoms with Gasteiger partial charge in [0.2, 0.25) is 0 Å². The number of furan rings is 1. The zero-order chi connectivity index (χ0) is 32.8.